The van der Waals surface area contributed by atoms with Crippen molar-refractivity contribution >= 4 is 23.7 Å². The van der Waals surface area contributed by atoms with Gasteiger partial charge in [-0.1, -0.05) is 0 Å². The zero-order chi connectivity index (χ0) is 19.1. The number of hydrogen-bond donors (Lipinski definition) is 1. The number of hydrogen-bond acceptors (Lipinski definition) is 9. The van der Waals surface area contributed by atoms with Crippen molar-refractivity contribution in [1.82, 2.24) is 10.4 Å². The van der Waals surface area contributed by atoms with Crippen LogP contribution in [0.1, 0.15) is 36.3 Å². The summed E-state index contributed by atoms with van der Waals surface area (Å²) in [5.41, 5.74) is 2.58. The number of nitro groups is 1. The third kappa shape index (κ3) is 5.12. The molecule has 1 N–H and O–H groups in total. The topological polar surface area (TPSA) is 146 Å². The van der Waals surface area contributed by atoms with Gasteiger partial charge in [0.2, 0.25) is 5.90 Å². The van der Waals surface area contributed by atoms with E-state index >= 15 is 0 Å². The molecule has 0 spiro atoms. The summed E-state index contributed by atoms with van der Waals surface area (Å²) in [4.78, 5) is 36.8. The average molecular weight is 362 g/mol. The number of esters is 1. The predicted molar refractivity (Wildman–Crippen MR) is 85.8 cm³/mol. The molecule has 0 fully saturated rings. The Kier molecular flexibility index (Phi) is 5.98. The first-order chi connectivity index (χ1) is 12.4. The van der Waals surface area contributed by atoms with Crippen LogP contribution in [0.3, 0.4) is 0 Å². The van der Waals surface area contributed by atoms with Crippen molar-refractivity contribution in [3.05, 3.63) is 58.1 Å². The number of amides is 1. The second-order valence-electron chi connectivity index (χ2n) is 4.80. The molecular formula is C15H14N4O7. The van der Waals surface area contributed by atoms with E-state index in [-0.39, 0.29) is 11.7 Å². The molecule has 26 heavy (non-hydrogen) atoms. The molecule has 0 aliphatic carbocycles. The van der Waals surface area contributed by atoms with Gasteiger partial charge in [0.05, 0.1) is 6.07 Å². The van der Waals surface area contributed by atoms with Crippen molar-refractivity contribution in [2.75, 3.05) is 0 Å². The molecule has 0 aliphatic heterocycles. The maximum atomic E-state index is 11.9. The van der Waals surface area contributed by atoms with E-state index in [9.17, 15) is 19.7 Å². The van der Waals surface area contributed by atoms with Crippen LogP contribution in [0.5, 0.6) is 0 Å². The SMILES string of the molecule is CC(=O)OC(O/C(C)=N/NC(=O)c1ccncc1)c1ccc([N+](=O)[O-])o1. The molecule has 0 bridgehead atoms. The number of carbonyl (C=O) groups is 2. The van der Waals surface area contributed by atoms with Crippen molar-refractivity contribution in [3.8, 4) is 0 Å². The van der Waals surface area contributed by atoms with Gasteiger partial charge in [-0.25, -0.2) is 5.43 Å². The molecule has 1 unspecified atom stereocenters. The van der Waals surface area contributed by atoms with Gasteiger partial charge in [-0.05, 0) is 18.2 Å². The Bertz CT molecular complexity index is 832. The lowest BCUT2D eigenvalue weighted by molar-refractivity contribution is -0.402. The highest BCUT2D eigenvalue weighted by Gasteiger charge is 2.24. The molecule has 136 valence electrons. The highest BCUT2D eigenvalue weighted by atomic mass is 16.7. The summed E-state index contributed by atoms with van der Waals surface area (Å²) in [6.45, 7) is 2.52. The molecular weight excluding hydrogens is 348 g/mol. The monoisotopic (exact) mass is 362 g/mol. The van der Waals surface area contributed by atoms with Gasteiger partial charge >= 0.3 is 18.1 Å². The minimum absolute atomic E-state index is 0.0716. The van der Waals surface area contributed by atoms with E-state index in [4.69, 9.17) is 13.9 Å². The highest BCUT2D eigenvalue weighted by molar-refractivity contribution is 5.94. The third-order valence-electron chi connectivity index (χ3n) is 2.83. The van der Waals surface area contributed by atoms with Gasteiger partial charge in [-0.15, -0.1) is 5.10 Å². The third-order valence-corrected chi connectivity index (χ3v) is 2.83. The number of ether oxygens (including phenoxy) is 2. The summed E-state index contributed by atoms with van der Waals surface area (Å²) in [6, 6.07) is 5.30. The number of hydrazone groups is 1. The van der Waals surface area contributed by atoms with Crippen molar-refractivity contribution < 1.29 is 28.4 Å². The summed E-state index contributed by atoms with van der Waals surface area (Å²) >= 11 is 0. The van der Waals surface area contributed by atoms with Gasteiger partial charge in [0.1, 0.15) is 4.92 Å². The predicted octanol–water partition coefficient (Wildman–Crippen LogP) is 1.92. The second kappa shape index (κ2) is 8.37. The molecule has 0 saturated heterocycles. The van der Waals surface area contributed by atoms with Gasteiger partial charge in [-0.2, -0.15) is 0 Å². The van der Waals surface area contributed by atoms with E-state index < -0.39 is 29.0 Å². The summed E-state index contributed by atoms with van der Waals surface area (Å²) in [5.74, 6) is -1.93. The van der Waals surface area contributed by atoms with Crippen LogP contribution in [0.25, 0.3) is 0 Å². The smallest absolute Gasteiger partial charge is 0.433 e. The fourth-order valence-corrected chi connectivity index (χ4v) is 1.74. The molecule has 0 radical (unpaired) electrons. The van der Waals surface area contributed by atoms with Crippen molar-refractivity contribution in [1.29, 1.82) is 0 Å². The molecule has 2 rings (SSSR count). The fraction of sp³-hybridized carbons (Fsp3) is 0.200. The first-order valence-corrected chi connectivity index (χ1v) is 7.19. The van der Waals surface area contributed by atoms with Crippen LogP contribution < -0.4 is 5.43 Å². The van der Waals surface area contributed by atoms with Crippen LogP contribution in [0, 0.1) is 10.1 Å². The van der Waals surface area contributed by atoms with Crippen molar-refractivity contribution in [2.45, 2.75) is 20.1 Å². The molecule has 2 heterocycles. The lowest BCUT2D eigenvalue weighted by Crippen LogP contribution is -2.21. The molecule has 0 saturated carbocycles. The number of nitrogens with one attached hydrogen (secondary N) is 1. The zero-order valence-electron chi connectivity index (χ0n) is 13.7. The van der Waals surface area contributed by atoms with Gasteiger partial charge in [0, 0.05) is 31.8 Å². The fourth-order valence-electron chi connectivity index (χ4n) is 1.74. The number of pyridine rings is 1. The number of aromatic nitrogens is 1. The molecule has 11 heteroatoms. The lowest BCUT2D eigenvalue weighted by atomic mass is 10.3. The Balaban J connectivity index is 2.07. The van der Waals surface area contributed by atoms with E-state index in [1.165, 1.54) is 37.5 Å². The number of nitrogens with zero attached hydrogens (tertiary/aromatic N) is 3. The molecule has 0 aromatic carbocycles. The Morgan fingerprint density at radius 3 is 2.50 bits per heavy atom. The standard InChI is InChI=1S/C15H14N4O7/c1-9(17-18-14(21)11-5-7-16-8-6-11)24-15(25-10(2)20)12-3-4-13(26-12)19(22)23/h3-8,15H,1-2H3,(H,18,21)/b17-9+. The van der Waals surface area contributed by atoms with Gasteiger partial charge < -0.3 is 13.9 Å². The Morgan fingerprint density at radius 2 is 1.92 bits per heavy atom. The first-order valence-electron chi connectivity index (χ1n) is 7.19. The highest BCUT2D eigenvalue weighted by Crippen LogP contribution is 2.25. The Labute approximate surface area is 146 Å². The van der Waals surface area contributed by atoms with Crippen molar-refractivity contribution in [2.24, 2.45) is 5.10 Å². The summed E-state index contributed by atoms with van der Waals surface area (Å²) in [5, 5.41) is 14.4. The summed E-state index contributed by atoms with van der Waals surface area (Å²) in [6.07, 6.45) is 1.49. The van der Waals surface area contributed by atoms with Crippen LogP contribution >= 0.6 is 0 Å². The minimum Gasteiger partial charge on any atom is -0.433 e. The summed E-state index contributed by atoms with van der Waals surface area (Å²) in [7, 11) is 0. The maximum absolute atomic E-state index is 11.9. The quantitative estimate of drug-likeness (QED) is 0.205. The summed E-state index contributed by atoms with van der Waals surface area (Å²) < 4.78 is 15.2. The number of carbonyl (C=O) groups excluding carboxylic acids is 2. The van der Waals surface area contributed by atoms with Crippen LogP contribution in [0.15, 0.2) is 46.2 Å². The Hall–Kier alpha value is -3.76. The van der Waals surface area contributed by atoms with E-state index in [1.54, 1.807) is 0 Å². The van der Waals surface area contributed by atoms with E-state index in [1.807, 2.05) is 0 Å². The normalized spacial score (nSPS) is 12.2. The van der Waals surface area contributed by atoms with Crippen molar-refractivity contribution in [3.63, 3.8) is 0 Å². The largest absolute Gasteiger partial charge is 0.433 e. The zero-order valence-corrected chi connectivity index (χ0v) is 13.7. The van der Waals surface area contributed by atoms with E-state index in [0.29, 0.717) is 5.56 Å². The van der Waals surface area contributed by atoms with Crippen LogP contribution in [-0.2, 0) is 14.3 Å². The number of rotatable bonds is 6. The molecule has 2 aromatic rings. The van der Waals surface area contributed by atoms with Crippen LogP contribution in [-0.4, -0.2) is 27.7 Å². The molecule has 2 aromatic heterocycles. The first kappa shape index (κ1) is 18.6. The van der Waals surface area contributed by atoms with E-state index in [0.717, 1.165) is 13.0 Å². The second-order valence-corrected chi connectivity index (χ2v) is 4.80. The molecule has 1 amide bonds. The molecule has 1 atom stereocenters. The van der Waals surface area contributed by atoms with Gasteiger partial charge in [0.25, 0.3) is 5.91 Å². The van der Waals surface area contributed by atoms with Crippen LogP contribution in [0.4, 0.5) is 5.88 Å². The van der Waals surface area contributed by atoms with E-state index in [2.05, 4.69) is 15.5 Å². The Morgan fingerprint density at radius 1 is 1.23 bits per heavy atom. The van der Waals surface area contributed by atoms with Crippen LogP contribution in [0.2, 0.25) is 0 Å². The average Bonchev–Trinajstić information content (AvgIpc) is 3.10. The van der Waals surface area contributed by atoms with Gasteiger partial charge in [-0.3, -0.25) is 24.7 Å². The molecule has 0 aliphatic rings. The van der Waals surface area contributed by atoms with Gasteiger partial charge in [0.15, 0.2) is 5.76 Å². The lowest BCUT2D eigenvalue weighted by Gasteiger charge is -2.15. The minimum atomic E-state index is -1.40. The molecule has 11 nitrogen and oxygen atoms in total. The maximum Gasteiger partial charge on any atom is 0.433 e. The number of furan rings is 1.